The molecule has 1 nitrogen and oxygen atoms in total. The maximum absolute atomic E-state index is 6.37. The van der Waals surface area contributed by atoms with Crippen LogP contribution in [0.4, 0.5) is 0 Å². The first-order chi connectivity index (χ1) is 10.2. The Morgan fingerprint density at radius 3 is 2.43 bits per heavy atom. The van der Waals surface area contributed by atoms with Crippen molar-refractivity contribution in [2.24, 2.45) is 0 Å². The van der Waals surface area contributed by atoms with Crippen LogP contribution in [0.25, 0.3) is 0 Å². The van der Waals surface area contributed by atoms with Crippen LogP contribution in [0.3, 0.4) is 0 Å². The Hall–Kier alpha value is -0.830. The minimum absolute atomic E-state index is 0.116. The summed E-state index contributed by atoms with van der Waals surface area (Å²) < 4.78 is 1.05. The largest absolute Gasteiger partial charge is 0.309 e. The fourth-order valence-corrected chi connectivity index (χ4v) is 3.55. The van der Waals surface area contributed by atoms with Crippen LogP contribution in [-0.4, -0.2) is 7.05 Å². The molecule has 0 saturated heterocycles. The van der Waals surface area contributed by atoms with Crippen LogP contribution >= 0.6 is 27.5 Å². The topological polar surface area (TPSA) is 12.0 Å². The van der Waals surface area contributed by atoms with Gasteiger partial charge in [0.15, 0.2) is 0 Å². The fourth-order valence-electron chi connectivity index (χ4n) is 2.94. The van der Waals surface area contributed by atoms with Crippen LogP contribution < -0.4 is 5.32 Å². The molecule has 3 heteroatoms. The van der Waals surface area contributed by atoms with Gasteiger partial charge in [0.2, 0.25) is 0 Å². The van der Waals surface area contributed by atoms with Crippen LogP contribution in [0.15, 0.2) is 46.9 Å². The number of nitrogens with one attached hydrogen (secondary N) is 1. The second-order valence-corrected chi connectivity index (χ2v) is 7.00. The van der Waals surface area contributed by atoms with E-state index in [9.17, 15) is 0 Å². The van der Waals surface area contributed by atoms with Crippen molar-refractivity contribution in [3.8, 4) is 0 Å². The summed E-state index contributed by atoms with van der Waals surface area (Å²) >= 11 is 9.90. The van der Waals surface area contributed by atoms with E-state index in [4.69, 9.17) is 11.6 Å². The average molecular weight is 365 g/mol. The third-order valence-corrected chi connectivity index (χ3v) is 5.24. The summed E-state index contributed by atoms with van der Waals surface area (Å²) in [5, 5.41) is 4.17. The number of rotatable bonds is 4. The lowest BCUT2D eigenvalue weighted by atomic mass is 9.79. The average Bonchev–Trinajstić information content (AvgIpc) is 2.43. The number of hydrogen-bond donors (Lipinski definition) is 1. The molecule has 1 aliphatic rings. The van der Waals surface area contributed by atoms with Crippen molar-refractivity contribution < 1.29 is 0 Å². The van der Waals surface area contributed by atoms with Crippen molar-refractivity contribution in [2.45, 2.75) is 31.2 Å². The predicted molar refractivity (Wildman–Crippen MR) is 93.1 cm³/mol. The molecule has 0 spiro atoms. The summed E-state index contributed by atoms with van der Waals surface area (Å²) in [6.07, 6.45) is 4.05. The summed E-state index contributed by atoms with van der Waals surface area (Å²) in [6.45, 7) is 0. The summed E-state index contributed by atoms with van der Waals surface area (Å²) in [5.74, 6) is 0.779. The summed E-state index contributed by atoms with van der Waals surface area (Å²) in [6, 6.07) is 15.1. The Balaban J connectivity index is 1.90. The van der Waals surface area contributed by atoms with Crippen molar-refractivity contribution in [1.29, 1.82) is 0 Å². The van der Waals surface area contributed by atoms with Gasteiger partial charge >= 0.3 is 0 Å². The molecule has 2 aromatic rings. The summed E-state index contributed by atoms with van der Waals surface area (Å²) in [4.78, 5) is 0. The maximum atomic E-state index is 6.37. The molecule has 3 rings (SSSR count). The zero-order chi connectivity index (χ0) is 14.8. The van der Waals surface area contributed by atoms with E-state index in [2.05, 4.69) is 51.6 Å². The minimum atomic E-state index is 0.116. The minimum Gasteiger partial charge on any atom is -0.309 e. The quantitative estimate of drug-likeness (QED) is 0.736. The Labute approximate surface area is 139 Å². The van der Waals surface area contributed by atoms with Gasteiger partial charge < -0.3 is 5.32 Å². The van der Waals surface area contributed by atoms with Gasteiger partial charge in [-0.25, -0.2) is 0 Å². The van der Waals surface area contributed by atoms with Gasteiger partial charge in [0, 0.05) is 9.50 Å². The molecule has 0 radical (unpaired) electrons. The highest BCUT2D eigenvalue weighted by molar-refractivity contribution is 9.10. The van der Waals surface area contributed by atoms with E-state index in [0.29, 0.717) is 0 Å². The van der Waals surface area contributed by atoms with Gasteiger partial charge in [0.25, 0.3) is 0 Å². The maximum Gasteiger partial charge on any atom is 0.0589 e. The molecule has 1 atom stereocenters. The van der Waals surface area contributed by atoms with Crippen molar-refractivity contribution >= 4 is 27.5 Å². The Kier molecular flexibility index (Phi) is 4.68. The van der Waals surface area contributed by atoms with Gasteiger partial charge in [0.1, 0.15) is 0 Å². The molecule has 0 amide bonds. The van der Waals surface area contributed by atoms with Crippen molar-refractivity contribution in [2.75, 3.05) is 7.05 Å². The van der Waals surface area contributed by atoms with Crippen LogP contribution in [0.5, 0.6) is 0 Å². The molecule has 21 heavy (non-hydrogen) atoms. The molecule has 1 saturated carbocycles. The van der Waals surface area contributed by atoms with Gasteiger partial charge in [-0.15, -0.1) is 0 Å². The summed E-state index contributed by atoms with van der Waals surface area (Å²) in [7, 11) is 1.97. The molecule has 110 valence electrons. The molecule has 1 unspecified atom stereocenters. The molecule has 0 aromatic heterocycles. The predicted octanol–water partition coefficient (Wildman–Crippen LogP) is 5.68. The molecule has 0 heterocycles. The normalized spacial score (nSPS) is 16.5. The van der Waals surface area contributed by atoms with E-state index in [1.54, 1.807) is 0 Å². The number of halogens is 2. The molecule has 0 aliphatic heterocycles. The second-order valence-electron chi connectivity index (χ2n) is 5.68. The third kappa shape index (κ3) is 3.18. The zero-order valence-corrected chi connectivity index (χ0v) is 14.4. The highest BCUT2D eigenvalue weighted by atomic mass is 79.9. The van der Waals surface area contributed by atoms with E-state index < -0.39 is 0 Å². The molecule has 1 N–H and O–H groups in total. The zero-order valence-electron chi connectivity index (χ0n) is 12.1. The highest BCUT2D eigenvalue weighted by Crippen LogP contribution is 2.37. The number of benzene rings is 2. The van der Waals surface area contributed by atoms with E-state index in [1.165, 1.54) is 30.4 Å². The van der Waals surface area contributed by atoms with E-state index >= 15 is 0 Å². The van der Waals surface area contributed by atoms with E-state index in [1.807, 2.05) is 19.2 Å². The second kappa shape index (κ2) is 6.51. The molecular formula is C18H19BrClN. The van der Waals surface area contributed by atoms with Gasteiger partial charge in [0.05, 0.1) is 6.04 Å². The van der Waals surface area contributed by atoms with Crippen LogP contribution in [0, 0.1) is 0 Å². The Bertz CT molecular complexity index is 620. The van der Waals surface area contributed by atoms with E-state index in [-0.39, 0.29) is 6.04 Å². The summed E-state index contributed by atoms with van der Waals surface area (Å²) in [5.41, 5.74) is 3.82. The molecule has 1 fully saturated rings. The first-order valence-electron chi connectivity index (χ1n) is 7.41. The molecule has 2 aromatic carbocycles. The van der Waals surface area contributed by atoms with Crippen LogP contribution in [0.1, 0.15) is 47.9 Å². The van der Waals surface area contributed by atoms with Crippen molar-refractivity contribution in [3.63, 3.8) is 0 Å². The van der Waals surface area contributed by atoms with Crippen molar-refractivity contribution in [3.05, 3.63) is 68.7 Å². The van der Waals surface area contributed by atoms with Crippen LogP contribution in [0.2, 0.25) is 5.02 Å². The Morgan fingerprint density at radius 2 is 1.86 bits per heavy atom. The van der Waals surface area contributed by atoms with Gasteiger partial charge in [-0.05, 0) is 60.7 Å². The van der Waals surface area contributed by atoms with Gasteiger partial charge in [-0.3, -0.25) is 0 Å². The lowest BCUT2D eigenvalue weighted by Crippen LogP contribution is -2.18. The van der Waals surface area contributed by atoms with Gasteiger partial charge in [-0.1, -0.05) is 58.2 Å². The first kappa shape index (κ1) is 15.1. The highest BCUT2D eigenvalue weighted by Gasteiger charge is 2.20. The molecule has 1 aliphatic carbocycles. The smallest absolute Gasteiger partial charge is 0.0589 e. The van der Waals surface area contributed by atoms with Gasteiger partial charge in [-0.2, -0.15) is 0 Å². The third-order valence-electron chi connectivity index (χ3n) is 4.40. The van der Waals surface area contributed by atoms with E-state index in [0.717, 1.165) is 21.0 Å². The Morgan fingerprint density at radius 1 is 1.14 bits per heavy atom. The standard InChI is InChI=1S/C18H19BrClN/c1-21-18(16-11-15(19)9-10-17(16)20)14-7-5-13(6-8-14)12-3-2-4-12/h5-12,18,21H,2-4H2,1H3. The molecule has 0 bridgehead atoms. The lowest BCUT2D eigenvalue weighted by molar-refractivity contribution is 0.419. The number of hydrogen-bond acceptors (Lipinski definition) is 1. The lowest BCUT2D eigenvalue weighted by Gasteiger charge is -2.26. The molecular weight excluding hydrogens is 346 g/mol. The monoisotopic (exact) mass is 363 g/mol. The first-order valence-corrected chi connectivity index (χ1v) is 8.58. The van der Waals surface area contributed by atoms with Crippen LogP contribution in [-0.2, 0) is 0 Å². The van der Waals surface area contributed by atoms with Crippen molar-refractivity contribution in [1.82, 2.24) is 5.32 Å². The fraction of sp³-hybridized carbons (Fsp3) is 0.333. The SMILES string of the molecule is CNC(c1ccc(C2CCC2)cc1)c1cc(Br)ccc1Cl.